The van der Waals surface area contributed by atoms with Crippen LogP contribution in [-0.2, 0) is 16.4 Å². The lowest BCUT2D eigenvalue weighted by molar-refractivity contribution is 0.0826. The number of nitrogens with zero attached hydrogens (tertiary/aromatic N) is 1. The number of aliphatic hydroxyl groups is 1. The number of amides is 1. The van der Waals surface area contributed by atoms with E-state index in [4.69, 9.17) is 0 Å². The van der Waals surface area contributed by atoms with Crippen LogP contribution in [0.15, 0.2) is 35.7 Å². The summed E-state index contributed by atoms with van der Waals surface area (Å²) in [5.74, 6) is 0.448. The van der Waals surface area contributed by atoms with Gasteiger partial charge >= 0.3 is 0 Å². The lowest BCUT2D eigenvalue weighted by Gasteiger charge is -2.29. The Morgan fingerprint density at radius 3 is 2.62 bits per heavy atom. The number of thiophene rings is 1. The fraction of sp³-hybridized carbons (Fsp3) is 0.621. The highest BCUT2D eigenvalue weighted by Crippen LogP contribution is 2.28. The Bertz CT molecular complexity index is 1140. The highest BCUT2D eigenvalue weighted by atomic mass is 32.2. The molecule has 1 amide bonds. The van der Waals surface area contributed by atoms with Crippen LogP contribution in [0.1, 0.15) is 75.0 Å². The molecule has 2 aromatic rings. The van der Waals surface area contributed by atoms with E-state index in [1.807, 2.05) is 24.4 Å². The van der Waals surface area contributed by atoms with E-state index in [1.165, 1.54) is 10.7 Å². The van der Waals surface area contributed by atoms with Crippen LogP contribution in [0.25, 0.3) is 0 Å². The predicted molar refractivity (Wildman–Crippen MR) is 162 cm³/mol. The highest BCUT2D eigenvalue weighted by molar-refractivity contribution is 7.92. The molecule has 4 N–H and O–H groups in total. The van der Waals surface area contributed by atoms with Crippen LogP contribution in [0.4, 0.5) is 11.4 Å². The summed E-state index contributed by atoms with van der Waals surface area (Å²) in [6.45, 7) is 9.94. The minimum absolute atomic E-state index is 0.109. The zero-order valence-electron chi connectivity index (χ0n) is 23.8. The lowest BCUT2D eigenvalue weighted by Crippen LogP contribution is -2.49. The Balaban J connectivity index is 1.76. The molecule has 0 saturated carbocycles. The Labute approximate surface area is 238 Å². The molecule has 1 unspecified atom stereocenters. The maximum absolute atomic E-state index is 13.5. The predicted octanol–water partition coefficient (Wildman–Crippen LogP) is 4.62. The van der Waals surface area contributed by atoms with E-state index in [9.17, 15) is 18.3 Å². The molecule has 1 aliphatic heterocycles. The quantitative estimate of drug-likeness (QED) is 0.246. The van der Waals surface area contributed by atoms with Gasteiger partial charge in [0.1, 0.15) is 0 Å². The van der Waals surface area contributed by atoms with Crippen molar-refractivity contribution in [2.45, 2.75) is 84.4 Å². The van der Waals surface area contributed by atoms with Crippen molar-refractivity contribution in [3.05, 3.63) is 46.2 Å². The third kappa shape index (κ3) is 9.77. The molecule has 218 valence electrons. The maximum atomic E-state index is 13.5. The van der Waals surface area contributed by atoms with Gasteiger partial charge in [0.15, 0.2) is 0 Å². The van der Waals surface area contributed by atoms with Crippen molar-refractivity contribution in [1.82, 2.24) is 10.6 Å². The van der Waals surface area contributed by atoms with Crippen molar-refractivity contribution in [3.63, 3.8) is 0 Å². The van der Waals surface area contributed by atoms with Gasteiger partial charge in [0, 0.05) is 48.2 Å². The second kappa shape index (κ2) is 15.0. The number of aliphatic hydroxyl groups excluding tert-OH is 1. The summed E-state index contributed by atoms with van der Waals surface area (Å²) in [6, 6.07) is 8.89. The van der Waals surface area contributed by atoms with Gasteiger partial charge in [-0.25, -0.2) is 8.42 Å². The summed E-state index contributed by atoms with van der Waals surface area (Å²) in [5.41, 5.74) is 1.54. The smallest absolute Gasteiger partial charge is 0.251 e. The normalized spacial score (nSPS) is 17.5. The zero-order valence-corrected chi connectivity index (χ0v) is 25.4. The van der Waals surface area contributed by atoms with E-state index >= 15 is 0 Å². The van der Waals surface area contributed by atoms with E-state index in [1.54, 1.807) is 29.5 Å². The van der Waals surface area contributed by atoms with Crippen LogP contribution >= 0.6 is 11.3 Å². The number of benzene rings is 1. The standard InChI is InChI=1S/C29H46N4O4S2/c1-5-30-24-16-23(17-25(18-24)33-13-6-7-15-39(33,36)37)29(35)32-27(19-26-12-9-14-38-26)28(34)20-31-22(4)11-8-10-21(2)3/h9,12,14,16-18,21-22,27-28,30-31,34H,5-8,10-11,13,15,19-20H2,1-4H3,(H,32,35)/t22?,27-,28+/m0/s1. The fourth-order valence-electron chi connectivity index (χ4n) is 4.85. The summed E-state index contributed by atoms with van der Waals surface area (Å²) in [7, 11) is -3.42. The molecular weight excluding hydrogens is 532 g/mol. The average Bonchev–Trinajstić information content (AvgIpc) is 3.39. The van der Waals surface area contributed by atoms with E-state index in [-0.39, 0.29) is 17.7 Å². The lowest BCUT2D eigenvalue weighted by atomic mass is 10.0. The molecule has 3 atom stereocenters. The summed E-state index contributed by atoms with van der Waals surface area (Å²) < 4.78 is 27.0. The van der Waals surface area contributed by atoms with Crippen molar-refractivity contribution in [2.75, 3.05) is 35.0 Å². The average molecular weight is 579 g/mol. The summed E-state index contributed by atoms with van der Waals surface area (Å²) >= 11 is 1.59. The molecule has 10 heteroatoms. The number of anilines is 2. The molecule has 0 bridgehead atoms. The van der Waals surface area contributed by atoms with E-state index in [0.29, 0.717) is 55.3 Å². The van der Waals surface area contributed by atoms with Crippen molar-refractivity contribution in [3.8, 4) is 0 Å². The number of carbonyl (C=O) groups is 1. The minimum Gasteiger partial charge on any atom is -0.390 e. The first-order valence-corrected chi connectivity index (χ1v) is 16.7. The molecule has 1 aliphatic rings. The second-order valence-electron chi connectivity index (χ2n) is 11.0. The molecule has 1 aromatic carbocycles. The first-order valence-electron chi connectivity index (χ1n) is 14.2. The van der Waals surface area contributed by atoms with Gasteiger partial charge in [0.2, 0.25) is 10.0 Å². The summed E-state index contributed by atoms with van der Waals surface area (Å²) in [4.78, 5) is 14.6. The molecule has 1 saturated heterocycles. The fourth-order valence-corrected chi connectivity index (χ4v) is 7.24. The van der Waals surface area contributed by atoms with E-state index in [0.717, 1.165) is 24.1 Å². The van der Waals surface area contributed by atoms with Gasteiger partial charge in [-0.1, -0.05) is 32.8 Å². The monoisotopic (exact) mass is 578 g/mol. The van der Waals surface area contributed by atoms with Gasteiger partial charge in [-0.15, -0.1) is 11.3 Å². The second-order valence-corrected chi connectivity index (χ2v) is 14.0. The molecule has 0 aliphatic carbocycles. The number of sulfonamides is 1. The number of carbonyl (C=O) groups excluding carboxylic acids is 1. The molecule has 1 aromatic heterocycles. The molecule has 1 fully saturated rings. The van der Waals surface area contributed by atoms with Crippen LogP contribution in [0.2, 0.25) is 0 Å². The van der Waals surface area contributed by atoms with Gasteiger partial charge in [-0.05, 0) is 68.7 Å². The third-order valence-electron chi connectivity index (χ3n) is 7.07. The van der Waals surface area contributed by atoms with Crippen molar-refractivity contribution >= 4 is 38.6 Å². The SMILES string of the molecule is CCNc1cc(C(=O)N[C@@H](Cc2cccs2)[C@H](O)CNC(C)CCCC(C)C)cc(N2CCCCS2(=O)=O)c1. The molecule has 8 nitrogen and oxygen atoms in total. The van der Waals surface area contributed by atoms with Crippen molar-refractivity contribution in [2.24, 2.45) is 5.92 Å². The first-order chi connectivity index (χ1) is 18.6. The van der Waals surface area contributed by atoms with Crippen LogP contribution in [0.3, 0.4) is 0 Å². The van der Waals surface area contributed by atoms with Crippen molar-refractivity contribution < 1.29 is 18.3 Å². The summed E-state index contributed by atoms with van der Waals surface area (Å²) in [6.07, 6.45) is 4.49. The topological polar surface area (TPSA) is 111 Å². The van der Waals surface area contributed by atoms with Gasteiger partial charge in [-0.3, -0.25) is 9.10 Å². The van der Waals surface area contributed by atoms with Gasteiger partial charge in [0.05, 0.1) is 23.6 Å². The number of hydrogen-bond donors (Lipinski definition) is 4. The zero-order chi connectivity index (χ0) is 28.4. The van der Waals surface area contributed by atoms with Gasteiger partial charge in [-0.2, -0.15) is 0 Å². The van der Waals surface area contributed by atoms with Crippen LogP contribution in [0.5, 0.6) is 0 Å². The Kier molecular flexibility index (Phi) is 12.1. The largest absolute Gasteiger partial charge is 0.390 e. The molecular formula is C29H46N4O4S2. The van der Waals surface area contributed by atoms with E-state index in [2.05, 4.69) is 36.7 Å². The number of hydrogen-bond acceptors (Lipinski definition) is 7. The van der Waals surface area contributed by atoms with Crippen LogP contribution in [-0.4, -0.2) is 63.0 Å². The summed E-state index contributed by atoms with van der Waals surface area (Å²) in [5, 5.41) is 22.9. The molecule has 3 rings (SSSR count). The van der Waals surface area contributed by atoms with Gasteiger partial charge in [0.25, 0.3) is 5.91 Å². The minimum atomic E-state index is -3.42. The Hall–Kier alpha value is -2.14. The van der Waals surface area contributed by atoms with Crippen LogP contribution < -0.4 is 20.3 Å². The highest BCUT2D eigenvalue weighted by Gasteiger charge is 2.28. The first kappa shape index (κ1) is 31.4. The Morgan fingerprint density at radius 2 is 1.95 bits per heavy atom. The molecule has 39 heavy (non-hydrogen) atoms. The van der Waals surface area contributed by atoms with Crippen molar-refractivity contribution in [1.29, 1.82) is 0 Å². The number of nitrogens with one attached hydrogen (secondary N) is 3. The third-order valence-corrected chi connectivity index (χ3v) is 9.84. The molecule has 0 spiro atoms. The van der Waals surface area contributed by atoms with E-state index < -0.39 is 22.2 Å². The molecule has 2 heterocycles. The van der Waals surface area contributed by atoms with Gasteiger partial charge < -0.3 is 21.1 Å². The Morgan fingerprint density at radius 1 is 1.15 bits per heavy atom. The maximum Gasteiger partial charge on any atom is 0.251 e. The van der Waals surface area contributed by atoms with Crippen LogP contribution in [0, 0.1) is 5.92 Å². The molecule has 0 radical (unpaired) electrons. The number of rotatable bonds is 15.